The molecule has 1 N–H and O–H groups in total. The molecule has 0 spiro atoms. The number of hydrogen-bond donors (Lipinski definition) is 1. The van der Waals surface area contributed by atoms with E-state index in [1.54, 1.807) is 42.0 Å². The van der Waals surface area contributed by atoms with Crippen LogP contribution in [0.2, 0.25) is 5.02 Å². The summed E-state index contributed by atoms with van der Waals surface area (Å²) in [5.41, 5.74) is 3.90. The van der Waals surface area contributed by atoms with Crippen LogP contribution in [0.15, 0.2) is 34.4 Å². The molecule has 9 nitrogen and oxygen atoms in total. The number of ether oxygens (including phenoxy) is 2. The average molecular weight is 677 g/mol. The van der Waals surface area contributed by atoms with Crippen molar-refractivity contribution < 1.29 is 32.5 Å². The first kappa shape index (κ1) is 32.4. The van der Waals surface area contributed by atoms with Gasteiger partial charge < -0.3 is 9.84 Å². The Balaban J connectivity index is 1.18. The molecule has 46 heavy (non-hydrogen) atoms. The van der Waals surface area contributed by atoms with Crippen LogP contribution < -0.4 is 10.3 Å². The number of benzene rings is 1. The fourth-order valence-electron chi connectivity index (χ4n) is 6.51. The van der Waals surface area contributed by atoms with Crippen molar-refractivity contribution in [1.82, 2.24) is 19.4 Å². The normalized spacial score (nSPS) is 17.7. The Hall–Kier alpha value is -3.52. The van der Waals surface area contributed by atoms with Gasteiger partial charge in [-0.05, 0) is 70.2 Å². The number of rotatable bonds is 8. The van der Waals surface area contributed by atoms with Crippen LogP contribution in [0.3, 0.4) is 0 Å². The Morgan fingerprint density at radius 1 is 1.13 bits per heavy atom. The minimum atomic E-state index is -4.63. The molecule has 1 fully saturated rings. The SMILES string of the molecule is Cc1cc(-c2cc(Cl)ccc2OCCn2c(C)nc3c(c2=O)C[C@H](N2CCC(OC(F)(F)F)CC2)CC3)c2scc(C(=O)O)c2n1. The molecular weight excluding hydrogens is 645 g/mol. The highest BCUT2D eigenvalue weighted by Crippen LogP contribution is 2.40. The van der Waals surface area contributed by atoms with Crippen molar-refractivity contribution in [2.75, 3.05) is 19.7 Å². The molecule has 0 unspecified atom stereocenters. The van der Waals surface area contributed by atoms with E-state index < -0.39 is 18.4 Å². The van der Waals surface area contributed by atoms with Crippen LogP contribution in [0.4, 0.5) is 13.2 Å². The third-order valence-electron chi connectivity index (χ3n) is 8.67. The highest BCUT2D eigenvalue weighted by molar-refractivity contribution is 7.18. The second-order valence-corrected chi connectivity index (χ2v) is 13.0. The summed E-state index contributed by atoms with van der Waals surface area (Å²) in [6, 6.07) is 7.14. The van der Waals surface area contributed by atoms with Crippen LogP contribution in [0, 0.1) is 13.8 Å². The molecule has 1 saturated heterocycles. The van der Waals surface area contributed by atoms with Gasteiger partial charge in [0.2, 0.25) is 0 Å². The molecule has 0 bridgehead atoms. The molecule has 4 heterocycles. The Morgan fingerprint density at radius 2 is 1.89 bits per heavy atom. The zero-order chi connectivity index (χ0) is 32.7. The third kappa shape index (κ3) is 6.78. The van der Waals surface area contributed by atoms with Crippen molar-refractivity contribution in [2.45, 2.75) is 71.0 Å². The first-order valence-electron chi connectivity index (χ1n) is 15.0. The number of aromatic nitrogens is 3. The van der Waals surface area contributed by atoms with Gasteiger partial charge in [0.05, 0.1) is 34.1 Å². The number of thiophene rings is 1. The van der Waals surface area contributed by atoms with Crippen molar-refractivity contribution in [3.05, 3.63) is 73.4 Å². The zero-order valence-corrected chi connectivity index (χ0v) is 26.8. The lowest BCUT2D eigenvalue weighted by molar-refractivity contribution is -0.346. The molecule has 14 heteroatoms. The lowest BCUT2D eigenvalue weighted by Gasteiger charge is -2.39. The van der Waals surface area contributed by atoms with Crippen LogP contribution in [-0.4, -0.2) is 68.7 Å². The Morgan fingerprint density at radius 3 is 2.61 bits per heavy atom. The molecule has 0 saturated carbocycles. The molecule has 0 radical (unpaired) electrons. The van der Waals surface area contributed by atoms with E-state index in [1.165, 1.54) is 11.3 Å². The molecule has 1 atom stereocenters. The maximum atomic E-state index is 13.7. The monoisotopic (exact) mass is 676 g/mol. The number of hydrogen-bond acceptors (Lipinski definition) is 8. The van der Waals surface area contributed by atoms with Gasteiger partial charge in [-0.25, -0.2) is 9.78 Å². The van der Waals surface area contributed by atoms with E-state index in [4.69, 9.17) is 21.3 Å². The van der Waals surface area contributed by atoms with Crippen LogP contribution >= 0.6 is 22.9 Å². The number of pyridine rings is 1. The lowest BCUT2D eigenvalue weighted by atomic mass is 9.90. The maximum absolute atomic E-state index is 13.7. The number of likely N-dealkylation sites (tertiary alicyclic amines) is 1. The molecule has 4 aromatic rings. The van der Waals surface area contributed by atoms with Crippen LogP contribution in [0.5, 0.6) is 5.75 Å². The minimum absolute atomic E-state index is 0.0532. The largest absolute Gasteiger partial charge is 0.522 e. The number of piperidine rings is 1. The number of aromatic carboxylic acids is 1. The third-order valence-corrected chi connectivity index (χ3v) is 9.91. The van der Waals surface area contributed by atoms with Crippen LogP contribution in [0.25, 0.3) is 21.3 Å². The summed E-state index contributed by atoms with van der Waals surface area (Å²) in [5.74, 6) is 0.0541. The topological polar surface area (TPSA) is 107 Å². The van der Waals surface area contributed by atoms with Gasteiger partial charge in [0.15, 0.2) is 0 Å². The molecule has 6 rings (SSSR count). The van der Waals surface area contributed by atoms with Crippen LogP contribution in [0.1, 0.15) is 52.4 Å². The summed E-state index contributed by atoms with van der Waals surface area (Å²) in [6.45, 7) is 4.95. The highest BCUT2D eigenvalue weighted by atomic mass is 35.5. The van der Waals surface area contributed by atoms with E-state index in [0.29, 0.717) is 82.4 Å². The minimum Gasteiger partial charge on any atom is -0.491 e. The molecule has 2 aliphatic rings. The van der Waals surface area contributed by atoms with E-state index in [1.807, 2.05) is 6.07 Å². The number of carboxylic acids is 1. The van der Waals surface area contributed by atoms with Gasteiger partial charge in [0.1, 0.15) is 18.2 Å². The van der Waals surface area contributed by atoms with E-state index in [9.17, 15) is 27.9 Å². The van der Waals surface area contributed by atoms with Gasteiger partial charge >= 0.3 is 12.3 Å². The summed E-state index contributed by atoms with van der Waals surface area (Å²) in [7, 11) is 0. The average Bonchev–Trinajstić information content (AvgIpc) is 3.43. The lowest BCUT2D eigenvalue weighted by Crippen LogP contribution is -2.48. The predicted octanol–water partition coefficient (Wildman–Crippen LogP) is 6.43. The van der Waals surface area contributed by atoms with Gasteiger partial charge in [-0.3, -0.25) is 24.0 Å². The van der Waals surface area contributed by atoms with Crippen molar-refractivity contribution in [2.24, 2.45) is 0 Å². The summed E-state index contributed by atoms with van der Waals surface area (Å²) in [6.07, 6.45) is -2.98. The van der Waals surface area contributed by atoms with Gasteiger partial charge in [0, 0.05) is 51.9 Å². The second-order valence-electron chi connectivity index (χ2n) is 11.7. The van der Waals surface area contributed by atoms with Crippen molar-refractivity contribution >= 4 is 39.1 Å². The van der Waals surface area contributed by atoms with Gasteiger partial charge in [0.25, 0.3) is 5.56 Å². The highest BCUT2D eigenvalue weighted by Gasteiger charge is 2.37. The van der Waals surface area contributed by atoms with Crippen molar-refractivity contribution in [3.8, 4) is 16.9 Å². The summed E-state index contributed by atoms with van der Waals surface area (Å²) >= 11 is 7.67. The van der Waals surface area contributed by atoms with E-state index in [0.717, 1.165) is 17.7 Å². The smallest absolute Gasteiger partial charge is 0.491 e. The number of aryl methyl sites for hydroxylation is 3. The number of nitrogens with zero attached hydrogens (tertiary/aromatic N) is 4. The first-order chi connectivity index (χ1) is 21.9. The predicted molar refractivity (Wildman–Crippen MR) is 168 cm³/mol. The summed E-state index contributed by atoms with van der Waals surface area (Å²) in [5, 5.41) is 11.7. The molecule has 0 amide bonds. The first-order valence-corrected chi connectivity index (χ1v) is 16.3. The van der Waals surface area contributed by atoms with E-state index in [-0.39, 0.29) is 30.3 Å². The molecule has 3 aromatic heterocycles. The molecule has 1 aromatic carbocycles. The molecule has 244 valence electrons. The number of fused-ring (bicyclic) bond motifs is 2. The number of carbonyl (C=O) groups is 1. The number of alkyl halides is 3. The fraction of sp³-hybridized carbons (Fsp3) is 0.438. The number of halogens is 4. The Bertz CT molecular complexity index is 1850. The quantitative estimate of drug-likeness (QED) is 0.228. The van der Waals surface area contributed by atoms with Crippen molar-refractivity contribution in [3.63, 3.8) is 0 Å². The van der Waals surface area contributed by atoms with Crippen molar-refractivity contribution in [1.29, 1.82) is 0 Å². The molecule has 1 aliphatic heterocycles. The maximum Gasteiger partial charge on any atom is 0.522 e. The second kappa shape index (κ2) is 12.9. The van der Waals surface area contributed by atoms with Crippen LogP contribution in [-0.2, 0) is 24.1 Å². The van der Waals surface area contributed by atoms with Gasteiger partial charge in [-0.1, -0.05) is 11.6 Å². The van der Waals surface area contributed by atoms with Gasteiger partial charge in [-0.2, -0.15) is 0 Å². The van der Waals surface area contributed by atoms with E-state index in [2.05, 4.69) is 14.6 Å². The summed E-state index contributed by atoms with van der Waals surface area (Å²) in [4.78, 5) is 36.9. The molecular formula is C32H32ClF3N4O5S. The van der Waals surface area contributed by atoms with Gasteiger partial charge in [-0.15, -0.1) is 24.5 Å². The number of carboxylic acid groups (broad SMARTS) is 1. The summed E-state index contributed by atoms with van der Waals surface area (Å²) < 4.78 is 50.7. The zero-order valence-electron chi connectivity index (χ0n) is 25.2. The Labute approximate surface area is 271 Å². The Kier molecular flexibility index (Phi) is 9.12. The standard InChI is InChI=1S/C32H32ClF3N4O5S/c1-17-13-23(29-28(37-17)25(16-46-29)31(42)43)22-14-19(33)3-6-27(22)44-12-11-40-18(2)38-26-5-4-20(15-24(26)30(40)41)39-9-7-21(8-10-39)45-32(34,35)36/h3,6,13-14,16,20-21H,4-5,7-12,15H2,1-2H3,(H,42,43)/t20-/m1/s1. The molecule has 1 aliphatic carbocycles. The fourth-order valence-corrected chi connectivity index (χ4v) is 7.69. The van der Waals surface area contributed by atoms with E-state index >= 15 is 0 Å².